The molecular formula is C17H21ClN2O. The summed E-state index contributed by atoms with van der Waals surface area (Å²) in [6, 6.07) is 9.76. The van der Waals surface area contributed by atoms with Crippen LogP contribution < -0.4 is 10.1 Å². The van der Waals surface area contributed by atoms with Gasteiger partial charge in [-0.15, -0.1) is 0 Å². The van der Waals surface area contributed by atoms with Crippen LogP contribution in [-0.4, -0.2) is 11.5 Å². The van der Waals surface area contributed by atoms with Crippen LogP contribution in [0.1, 0.15) is 30.2 Å². The minimum Gasteiger partial charge on any atom is -0.439 e. The standard InChI is InChI=1S/C17H21ClN2O/c1-4-9-19-11-15-14(18)7-8-17(20-15)21-16-10-12(2)5-6-13(16)3/h5-8,10,19H,4,9,11H2,1-3H3. The second kappa shape index (κ2) is 7.43. The lowest BCUT2D eigenvalue weighted by Crippen LogP contribution is -2.15. The number of pyridine rings is 1. The molecule has 0 unspecified atom stereocenters. The number of aryl methyl sites for hydroxylation is 2. The van der Waals surface area contributed by atoms with Crippen LogP contribution in [0, 0.1) is 13.8 Å². The first kappa shape index (κ1) is 15.8. The van der Waals surface area contributed by atoms with Crippen LogP contribution in [0.25, 0.3) is 0 Å². The number of nitrogens with zero attached hydrogens (tertiary/aromatic N) is 1. The third-order valence-electron chi connectivity index (χ3n) is 3.17. The normalized spacial score (nSPS) is 10.7. The summed E-state index contributed by atoms with van der Waals surface area (Å²) in [5.74, 6) is 1.40. The maximum atomic E-state index is 6.18. The van der Waals surface area contributed by atoms with Crippen molar-refractivity contribution in [2.45, 2.75) is 33.7 Å². The van der Waals surface area contributed by atoms with Crippen molar-refractivity contribution in [1.29, 1.82) is 0 Å². The molecule has 4 heteroatoms. The van der Waals surface area contributed by atoms with E-state index in [1.165, 1.54) is 0 Å². The fourth-order valence-electron chi connectivity index (χ4n) is 1.96. The lowest BCUT2D eigenvalue weighted by molar-refractivity contribution is 0.456. The highest BCUT2D eigenvalue weighted by Gasteiger charge is 2.07. The van der Waals surface area contributed by atoms with Crippen molar-refractivity contribution in [2.75, 3.05) is 6.54 Å². The predicted molar refractivity (Wildman–Crippen MR) is 87.2 cm³/mol. The molecule has 0 fully saturated rings. The van der Waals surface area contributed by atoms with Crippen LogP contribution in [0.4, 0.5) is 0 Å². The van der Waals surface area contributed by atoms with Crippen LogP contribution in [-0.2, 0) is 6.54 Å². The third kappa shape index (κ3) is 4.45. The van der Waals surface area contributed by atoms with Crippen molar-refractivity contribution in [2.24, 2.45) is 0 Å². The molecule has 0 radical (unpaired) electrons. The van der Waals surface area contributed by atoms with Crippen LogP contribution in [0.15, 0.2) is 30.3 Å². The molecule has 1 aromatic heterocycles. The van der Waals surface area contributed by atoms with E-state index in [4.69, 9.17) is 16.3 Å². The van der Waals surface area contributed by atoms with Gasteiger partial charge in [0.25, 0.3) is 0 Å². The highest BCUT2D eigenvalue weighted by Crippen LogP contribution is 2.26. The van der Waals surface area contributed by atoms with E-state index in [2.05, 4.69) is 23.3 Å². The Morgan fingerprint density at radius 2 is 2.00 bits per heavy atom. The lowest BCUT2D eigenvalue weighted by Gasteiger charge is -2.11. The molecule has 112 valence electrons. The summed E-state index contributed by atoms with van der Waals surface area (Å²) in [6.45, 7) is 7.79. The van der Waals surface area contributed by atoms with E-state index in [9.17, 15) is 0 Å². The van der Waals surface area contributed by atoms with Gasteiger partial charge in [-0.1, -0.05) is 30.7 Å². The van der Waals surface area contributed by atoms with Gasteiger partial charge in [-0.05, 0) is 50.1 Å². The largest absolute Gasteiger partial charge is 0.439 e. The molecule has 3 nitrogen and oxygen atoms in total. The molecule has 1 aromatic carbocycles. The third-order valence-corrected chi connectivity index (χ3v) is 3.51. The summed E-state index contributed by atoms with van der Waals surface area (Å²) in [5, 5.41) is 3.96. The maximum absolute atomic E-state index is 6.18. The first-order valence-electron chi connectivity index (χ1n) is 7.21. The molecule has 0 aliphatic heterocycles. The quantitative estimate of drug-likeness (QED) is 0.789. The Morgan fingerprint density at radius 1 is 1.19 bits per heavy atom. The summed E-state index contributed by atoms with van der Waals surface area (Å²) in [7, 11) is 0. The molecule has 1 heterocycles. The Bertz CT molecular complexity index is 614. The van der Waals surface area contributed by atoms with E-state index in [-0.39, 0.29) is 0 Å². The molecule has 2 aromatic rings. The molecule has 0 aliphatic carbocycles. The average molecular weight is 305 g/mol. The van der Waals surface area contributed by atoms with Gasteiger partial charge in [-0.2, -0.15) is 0 Å². The molecule has 2 rings (SSSR count). The van der Waals surface area contributed by atoms with E-state index >= 15 is 0 Å². The smallest absolute Gasteiger partial charge is 0.219 e. The van der Waals surface area contributed by atoms with Gasteiger partial charge in [0.1, 0.15) is 5.75 Å². The van der Waals surface area contributed by atoms with E-state index in [1.54, 1.807) is 6.07 Å². The molecule has 0 atom stereocenters. The zero-order valence-electron chi connectivity index (χ0n) is 12.7. The lowest BCUT2D eigenvalue weighted by atomic mass is 10.1. The van der Waals surface area contributed by atoms with Crippen molar-refractivity contribution < 1.29 is 4.74 Å². The summed E-state index contributed by atoms with van der Waals surface area (Å²) < 4.78 is 5.89. The van der Waals surface area contributed by atoms with E-state index in [0.717, 1.165) is 35.5 Å². The van der Waals surface area contributed by atoms with E-state index in [1.807, 2.05) is 32.0 Å². The molecule has 1 N–H and O–H groups in total. The zero-order valence-corrected chi connectivity index (χ0v) is 13.5. The number of rotatable bonds is 6. The first-order valence-corrected chi connectivity index (χ1v) is 7.59. The van der Waals surface area contributed by atoms with Gasteiger partial charge >= 0.3 is 0 Å². The zero-order chi connectivity index (χ0) is 15.2. The van der Waals surface area contributed by atoms with Crippen molar-refractivity contribution in [3.8, 4) is 11.6 Å². The fourth-order valence-corrected chi connectivity index (χ4v) is 2.13. The fraction of sp³-hybridized carbons (Fsp3) is 0.353. The van der Waals surface area contributed by atoms with Gasteiger partial charge < -0.3 is 10.1 Å². The van der Waals surface area contributed by atoms with Crippen molar-refractivity contribution in [3.05, 3.63) is 52.2 Å². The topological polar surface area (TPSA) is 34.2 Å². The molecule has 0 spiro atoms. The predicted octanol–water partition coefficient (Wildman–Crippen LogP) is 4.64. The van der Waals surface area contributed by atoms with Crippen molar-refractivity contribution in [1.82, 2.24) is 10.3 Å². The van der Waals surface area contributed by atoms with Gasteiger partial charge in [0.2, 0.25) is 5.88 Å². The number of hydrogen-bond donors (Lipinski definition) is 1. The van der Waals surface area contributed by atoms with Gasteiger partial charge in [0.15, 0.2) is 0 Å². The Kier molecular flexibility index (Phi) is 5.59. The summed E-state index contributed by atoms with van der Waals surface area (Å²) >= 11 is 6.18. The number of nitrogens with one attached hydrogen (secondary N) is 1. The Labute approximate surface area is 131 Å². The highest BCUT2D eigenvalue weighted by atomic mass is 35.5. The summed E-state index contributed by atoms with van der Waals surface area (Å²) in [5.41, 5.74) is 3.06. The molecule has 0 saturated heterocycles. The minimum absolute atomic E-state index is 0.571. The minimum atomic E-state index is 0.571. The first-order chi connectivity index (χ1) is 10.1. The van der Waals surface area contributed by atoms with Crippen LogP contribution >= 0.6 is 11.6 Å². The van der Waals surface area contributed by atoms with Crippen LogP contribution in [0.3, 0.4) is 0 Å². The molecule has 0 bridgehead atoms. The van der Waals surface area contributed by atoms with Crippen molar-refractivity contribution in [3.63, 3.8) is 0 Å². The van der Waals surface area contributed by atoms with Gasteiger partial charge in [-0.25, -0.2) is 4.98 Å². The Balaban J connectivity index is 2.16. The number of halogens is 1. The van der Waals surface area contributed by atoms with E-state index < -0.39 is 0 Å². The highest BCUT2D eigenvalue weighted by molar-refractivity contribution is 6.31. The number of aromatic nitrogens is 1. The monoisotopic (exact) mass is 304 g/mol. The van der Waals surface area contributed by atoms with Gasteiger partial charge in [-0.3, -0.25) is 0 Å². The second-order valence-electron chi connectivity index (χ2n) is 5.13. The number of ether oxygens (including phenoxy) is 1. The summed E-state index contributed by atoms with van der Waals surface area (Å²) in [4.78, 5) is 4.49. The van der Waals surface area contributed by atoms with Gasteiger partial charge in [0, 0.05) is 12.6 Å². The molecule has 21 heavy (non-hydrogen) atoms. The molecule has 0 aliphatic rings. The van der Waals surface area contributed by atoms with Crippen molar-refractivity contribution >= 4 is 11.6 Å². The number of hydrogen-bond acceptors (Lipinski definition) is 3. The van der Waals surface area contributed by atoms with Crippen LogP contribution in [0.5, 0.6) is 11.6 Å². The Hall–Kier alpha value is -1.58. The average Bonchev–Trinajstić information content (AvgIpc) is 2.46. The van der Waals surface area contributed by atoms with Crippen LogP contribution in [0.2, 0.25) is 5.02 Å². The van der Waals surface area contributed by atoms with Gasteiger partial charge in [0.05, 0.1) is 10.7 Å². The molecule has 0 saturated carbocycles. The molecular weight excluding hydrogens is 284 g/mol. The number of benzene rings is 1. The maximum Gasteiger partial charge on any atom is 0.219 e. The second-order valence-corrected chi connectivity index (χ2v) is 5.53. The SMILES string of the molecule is CCCNCc1nc(Oc2cc(C)ccc2C)ccc1Cl. The Morgan fingerprint density at radius 3 is 2.76 bits per heavy atom. The summed E-state index contributed by atoms with van der Waals surface area (Å²) in [6.07, 6.45) is 1.08. The van der Waals surface area contributed by atoms with E-state index in [0.29, 0.717) is 17.4 Å². The molecule has 0 amide bonds.